The molecule has 4 nitrogen and oxygen atoms in total. The van der Waals surface area contributed by atoms with Crippen LogP contribution in [0.25, 0.3) is 11.0 Å². The Labute approximate surface area is 101 Å². The van der Waals surface area contributed by atoms with Crippen molar-refractivity contribution >= 4 is 16.9 Å². The highest BCUT2D eigenvalue weighted by molar-refractivity contribution is 5.83. The average Bonchev–Trinajstić information content (AvgIpc) is 2.75. The second-order valence-corrected chi connectivity index (χ2v) is 4.84. The van der Waals surface area contributed by atoms with Crippen LogP contribution in [0.3, 0.4) is 0 Å². The highest BCUT2D eigenvalue weighted by Crippen LogP contribution is 2.23. The summed E-state index contributed by atoms with van der Waals surface area (Å²) < 4.78 is 0. The van der Waals surface area contributed by atoms with E-state index in [-0.39, 0.29) is 0 Å². The molecule has 1 saturated heterocycles. The molecule has 0 saturated carbocycles. The summed E-state index contributed by atoms with van der Waals surface area (Å²) in [6.45, 7) is 6.56. The number of aromatic amines is 1. The largest absolute Gasteiger partial charge is 0.356 e. The molecule has 1 fully saturated rings. The molecule has 2 aromatic rings. The monoisotopic (exact) mass is 230 g/mol. The molecular weight excluding hydrogens is 212 g/mol. The Bertz CT molecular complexity index is 523. The van der Waals surface area contributed by atoms with Gasteiger partial charge < -0.3 is 14.8 Å². The van der Waals surface area contributed by atoms with Crippen LogP contribution in [0, 0.1) is 6.92 Å². The van der Waals surface area contributed by atoms with E-state index >= 15 is 0 Å². The highest BCUT2D eigenvalue weighted by Gasteiger charge is 2.16. The number of likely N-dealkylation sites (N-methyl/N-ethyl adjacent to an activating group) is 1. The predicted molar refractivity (Wildman–Crippen MR) is 70.5 cm³/mol. The minimum atomic E-state index is 0.999. The first kappa shape index (κ1) is 10.6. The highest BCUT2D eigenvalue weighted by atomic mass is 15.3. The second kappa shape index (κ2) is 4.04. The van der Waals surface area contributed by atoms with Gasteiger partial charge in [-0.1, -0.05) is 0 Å². The van der Waals surface area contributed by atoms with Gasteiger partial charge in [0, 0.05) is 37.8 Å². The molecule has 1 N–H and O–H groups in total. The van der Waals surface area contributed by atoms with Crippen molar-refractivity contribution in [2.24, 2.45) is 0 Å². The van der Waals surface area contributed by atoms with Crippen LogP contribution in [0.4, 0.5) is 5.82 Å². The van der Waals surface area contributed by atoms with Crippen LogP contribution in [0.15, 0.2) is 18.3 Å². The number of aromatic nitrogens is 2. The SMILES string of the molecule is Cc1ccnc2[nH]c(N3CCN(C)CC3)cc12. The van der Waals surface area contributed by atoms with Crippen LogP contribution >= 0.6 is 0 Å². The van der Waals surface area contributed by atoms with Gasteiger partial charge in [-0.05, 0) is 31.7 Å². The van der Waals surface area contributed by atoms with Crippen LogP contribution < -0.4 is 4.90 Å². The van der Waals surface area contributed by atoms with Gasteiger partial charge in [0.25, 0.3) is 0 Å². The third-order valence-electron chi connectivity index (χ3n) is 3.58. The minimum absolute atomic E-state index is 0.999. The van der Waals surface area contributed by atoms with E-state index < -0.39 is 0 Å². The fourth-order valence-electron chi connectivity index (χ4n) is 2.36. The molecule has 90 valence electrons. The Hall–Kier alpha value is -1.55. The lowest BCUT2D eigenvalue weighted by molar-refractivity contribution is 0.312. The van der Waals surface area contributed by atoms with Crippen LogP contribution in [0.5, 0.6) is 0 Å². The zero-order valence-electron chi connectivity index (χ0n) is 10.4. The van der Waals surface area contributed by atoms with Crippen molar-refractivity contribution in [2.75, 3.05) is 38.1 Å². The van der Waals surface area contributed by atoms with Crippen LogP contribution in [-0.2, 0) is 0 Å². The Morgan fingerprint density at radius 3 is 2.71 bits per heavy atom. The quantitative estimate of drug-likeness (QED) is 0.808. The molecule has 0 atom stereocenters. The van der Waals surface area contributed by atoms with E-state index in [0.717, 1.165) is 31.8 Å². The van der Waals surface area contributed by atoms with E-state index in [9.17, 15) is 0 Å². The van der Waals surface area contributed by atoms with Crippen LogP contribution in [-0.4, -0.2) is 48.1 Å². The summed E-state index contributed by atoms with van der Waals surface area (Å²) in [6.07, 6.45) is 1.86. The first-order valence-electron chi connectivity index (χ1n) is 6.12. The summed E-state index contributed by atoms with van der Waals surface area (Å²) in [7, 11) is 2.17. The van der Waals surface area contributed by atoms with Gasteiger partial charge in [0.15, 0.2) is 0 Å². The molecule has 0 aliphatic carbocycles. The lowest BCUT2D eigenvalue weighted by atomic mass is 10.2. The van der Waals surface area contributed by atoms with Gasteiger partial charge in [-0.25, -0.2) is 4.98 Å². The van der Waals surface area contributed by atoms with Gasteiger partial charge in [0.2, 0.25) is 0 Å². The maximum Gasteiger partial charge on any atom is 0.139 e. The Morgan fingerprint density at radius 1 is 1.24 bits per heavy atom. The zero-order chi connectivity index (χ0) is 11.8. The summed E-state index contributed by atoms with van der Waals surface area (Å²) >= 11 is 0. The molecule has 0 aromatic carbocycles. The van der Waals surface area contributed by atoms with Gasteiger partial charge in [-0.15, -0.1) is 0 Å². The molecule has 0 unspecified atom stereocenters. The van der Waals surface area contributed by atoms with Crippen molar-refractivity contribution in [2.45, 2.75) is 6.92 Å². The maximum atomic E-state index is 4.38. The lowest BCUT2D eigenvalue weighted by Crippen LogP contribution is -2.44. The van der Waals surface area contributed by atoms with Crippen molar-refractivity contribution < 1.29 is 0 Å². The van der Waals surface area contributed by atoms with Crippen LogP contribution in [0.1, 0.15) is 5.56 Å². The molecule has 2 aromatic heterocycles. The number of anilines is 1. The fourth-order valence-corrected chi connectivity index (χ4v) is 2.36. The van der Waals surface area contributed by atoms with Crippen molar-refractivity contribution in [3.63, 3.8) is 0 Å². The summed E-state index contributed by atoms with van der Waals surface area (Å²) in [5.74, 6) is 1.20. The van der Waals surface area contributed by atoms with E-state index in [4.69, 9.17) is 0 Å². The van der Waals surface area contributed by atoms with E-state index in [1.165, 1.54) is 16.8 Å². The molecule has 1 aliphatic rings. The summed E-state index contributed by atoms with van der Waals surface area (Å²) in [6, 6.07) is 4.28. The van der Waals surface area contributed by atoms with Gasteiger partial charge in [0.05, 0.1) is 0 Å². The molecule has 17 heavy (non-hydrogen) atoms. The van der Waals surface area contributed by atoms with E-state index in [0.29, 0.717) is 0 Å². The third kappa shape index (κ3) is 1.89. The number of fused-ring (bicyclic) bond motifs is 1. The number of pyridine rings is 1. The molecule has 0 radical (unpaired) electrons. The third-order valence-corrected chi connectivity index (χ3v) is 3.58. The number of nitrogens with one attached hydrogen (secondary N) is 1. The predicted octanol–water partition coefficient (Wildman–Crippen LogP) is 1.62. The molecule has 0 spiro atoms. The number of nitrogens with zero attached hydrogens (tertiary/aromatic N) is 3. The van der Waals surface area contributed by atoms with Crippen molar-refractivity contribution in [1.82, 2.24) is 14.9 Å². The number of rotatable bonds is 1. The minimum Gasteiger partial charge on any atom is -0.356 e. The first-order valence-corrected chi connectivity index (χ1v) is 6.12. The molecular formula is C13H18N4. The second-order valence-electron chi connectivity index (χ2n) is 4.84. The number of hydrogen-bond donors (Lipinski definition) is 1. The van der Waals surface area contributed by atoms with E-state index in [1.807, 2.05) is 6.20 Å². The Morgan fingerprint density at radius 2 is 2.00 bits per heavy atom. The molecule has 1 aliphatic heterocycles. The summed E-state index contributed by atoms with van der Waals surface area (Å²) in [4.78, 5) is 12.6. The normalized spacial score (nSPS) is 17.9. The van der Waals surface area contributed by atoms with Gasteiger partial charge in [-0.2, -0.15) is 0 Å². The number of hydrogen-bond acceptors (Lipinski definition) is 3. The maximum absolute atomic E-state index is 4.38. The van der Waals surface area contributed by atoms with Crippen molar-refractivity contribution in [3.05, 3.63) is 23.9 Å². The van der Waals surface area contributed by atoms with Crippen LogP contribution in [0.2, 0.25) is 0 Å². The van der Waals surface area contributed by atoms with E-state index in [1.54, 1.807) is 0 Å². The van der Waals surface area contributed by atoms with Gasteiger partial charge in [-0.3, -0.25) is 0 Å². The summed E-state index contributed by atoms with van der Waals surface area (Å²) in [5.41, 5.74) is 2.28. The molecule has 0 bridgehead atoms. The van der Waals surface area contributed by atoms with Crippen molar-refractivity contribution in [1.29, 1.82) is 0 Å². The first-order chi connectivity index (χ1) is 8.24. The Kier molecular flexibility index (Phi) is 2.52. The van der Waals surface area contributed by atoms with Gasteiger partial charge in [0.1, 0.15) is 11.5 Å². The van der Waals surface area contributed by atoms with E-state index in [2.05, 4.69) is 45.9 Å². The topological polar surface area (TPSA) is 35.2 Å². The number of H-pyrrole nitrogens is 1. The lowest BCUT2D eigenvalue weighted by Gasteiger charge is -2.32. The molecule has 4 heteroatoms. The standard InChI is InChI=1S/C13H18N4/c1-10-3-4-14-13-11(10)9-12(15-13)17-7-5-16(2)6-8-17/h3-4,9H,5-8H2,1-2H3,(H,14,15). The average molecular weight is 230 g/mol. The Balaban J connectivity index is 1.93. The molecule has 3 heterocycles. The zero-order valence-corrected chi connectivity index (χ0v) is 10.4. The fraction of sp³-hybridized carbons (Fsp3) is 0.462. The number of piperazine rings is 1. The summed E-state index contributed by atoms with van der Waals surface area (Å²) in [5, 5.41) is 1.24. The molecule has 0 amide bonds. The molecule has 3 rings (SSSR count). The smallest absolute Gasteiger partial charge is 0.139 e. The van der Waals surface area contributed by atoms with Gasteiger partial charge >= 0.3 is 0 Å². The van der Waals surface area contributed by atoms with Crippen molar-refractivity contribution in [3.8, 4) is 0 Å². The number of aryl methyl sites for hydroxylation is 1.